The van der Waals surface area contributed by atoms with Crippen LogP contribution in [0, 0.1) is 11.7 Å². The zero-order valence-corrected chi connectivity index (χ0v) is 26.6. The van der Waals surface area contributed by atoms with Crippen molar-refractivity contribution in [2.24, 2.45) is 5.92 Å². The molecule has 3 aromatic carbocycles. The van der Waals surface area contributed by atoms with Crippen LogP contribution in [-0.2, 0) is 11.3 Å². The molecular formula is C35H44FN5O4. The molecule has 0 saturated carbocycles. The number of halogens is 1. The van der Waals surface area contributed by atoms with E-state index in [1.54, 1.807) is 74.2 Å². The van der Waals surface area contributed by atoms with Gasteiger partial charge in [0.2, 0.25) is 0 Å². The van der Waals surface area contributed by atoms with Crippen molar-refractivity contribution in [3.63, 3.8) is 0 Å². The maximum absolute atomic E-state index is 13.8. The van der Waals surface area contributed by atoms with Gasteiger partial charge >= 0.3 is 12.1 Å². The van der Waals surface area contributed by atoms with Crippen LogP contribution in [0.25, 0.3) is 0 Å². The van der Waals surface area contributed by atoms with Gasteiger partial charge in [-0.15, -0.1) is 0 Å². The minimum atomic E-state index is -0.661. The van der Waals surface area contributed by atoms with Crippen molar-refractivity contribution in [1.29, 1.82) is 0 Å². The van der Waals surface area contributed by atoms with E-state index in [-0.39, 0.29) is 11.9 Å². The van der Waals surface area contributed by atoms with Crippen molar-refractivity contribution in [3.8, 4) is 0 Å². The molecule has 1 heterocycles. The number of urea groups is 1. The Morgan fingerprint density at radius 1 is 0.911 bits per heavy atom. The van der Waals surface area contributed by atoms with E-state index in [0.29, 0.717) is 35.7 Å². The number of carbonyl (C=O) groups is 3. The predicted molar refractivity (Wildman–Crippen MR) is 176 cm³/mol. The standard InChI is InChI=1S/C35H44FN5O4/c1-25-17-21-40(22-18-25)19-8-20-41(33(43)37-29-10-7-9-28(36)23-29)24-26-13-15-27(16-14-26)32(42)38-30-11-5-6-12-31(30)39-34(44)45-35(2,3)4/h5-7,9-16,23,25H,8,17-22,24H2,1-4H3,(H,37,43)(H,38,42)(H,39,44). The number of piperidine rings is 1. The Morgan fingerprint density at radius 3 is 2.22 bits per heavy atom. The largest absolute Gasteiger partial charge is 0.444 e. The van der Waals surface area contributed by atoms with Crippen LogP contribution in [0.15, 0.2) is 72.8 Å². The third kappa shape index (κ3) is 10.9. The second-order valence-corrected chi connectivity index (χ2v) is 12.6. The molecule has 4 amide bonds. The van der Waals surface area contributed by atoms with E-state index < -0.39 is 17.5 Å². The highest BCUT2D eigenvalue weighted by Crippen LogP contribution is 2.23. The number of ether oxygens (including phenoxy) is 1. The van der Waals surface area contributed by atoms with Crippen LogP contribution in [0.3, 0.4) is 0 Å². The normalized spacial score (nSPS) is 14.0. The SMILES string of the molecule is CC1CCN(CCCN(Cc2ccc(C(=O)Nc3ccccc3NC(=O)OC(C)(C)C)cc2)C(=O)Nc2cccc(F)c2)CC1. The molecule has 1 fully saturated rings. The summed E-state index contributed by atoms with van der Waals surface area (Å²) in [6.07, 6.45) is 2.57. The van der Waals surface area contributed by atoms with Gasteiger partial charge in [-0.3, -0.25) is 10.1 Å². The van der Waals surface area contributed by atoms with E-state index in [4.69, 9.17) is 4.74 Å². The van der Waals surface area contributed by atoms with E-state index in [1.807, 2.05) is 12.1 Å². The summed E-state index contributed by atoms with van der Waals surface area (Å²) in [6, 6.07) is 19.4. The van der Waals surface area contributed by atoms with Crippen LogP contribution in [0.1, 0.15) is 62.9 Å². The summed E-state index contributed by atoms with van der Waals surface area (Å²) in [4.78, 5) is 42.8. The Kier molecular flexibility index (Phi) is 11.5. The monoisotopic (exact) mass is 617 g/mol. The van der Waals surface area contributed by atoms with Crippen molar-refractivity contribution in [3.05, 3.63) is 89.7 Å². The molecule has 9 nitrogen and oxygen atoms in total. The average Bonchev–Trinajstić information content (AvgIpc) is 2.98. The molecule has 3 N–H and O–H groups in total. The molecule has 0 aromatic heterocycles. The molecule has 0 bridgehead atoms. The fourth-order valence-electron chi connectivity index (χ4n) is 5.08. The minimum absolute atomic E-state index is 0.316. The van der Waals surface area contributed by atoms with Crippen molar-refractivity contribution in [1.82, 2.24) is 9.80 Å². The third-order valence-electron chi connectivity index (χ3n) is 7.54. The number of carbonyl (C=O) groups excluding carboxylic acids is 3. The topological polar surface area (TPSA) is 103 Å². The molecule has 0 spiro atoms. The Morgan fingerprint density at radius 2 is 1.58 bits per heavy atom. The molecule has 0 radical (unpaired) electrons. The van der Waals surface area contributed by atoms with Crippen molar-refractivity contribution in [2.75, 3.05) is 42.1 Å². The van der Waals surface area contributed by atoms with E-state index >= 15 is 0 Å². The fraction of sp³-hybridized carbons (Fsp3) is 0.400. The van der Waals surface area contributed by atoms with Gasteiger partial charge in [-0.2, -0.15) is 0 Å². The molecule has 0 unspecified atom stereocenters. The van der Waals surface area contributed by atoms with Crippen LogP contribution in [0.4, 0.5) is 31.0 Å². The lowest BCUT2D eigenvalue weighted by molar-refractivity contribution is 0.0635. The zero-order valence-electron chi connectivity index (χ0n) is 26.6. The number of nitrogens with zero attached hydrogens (tertiary/aromatic N) is 2. The number of hydrogen-bond donors (Lipinski definition) is 3. The summed E-state index contributed by atoms with van der Waals surface area (Å²) < 4.78 is 19.1. The first-order valence-electron chi connectivity index (χ1n) is 15.5. The van der Waals surface area contributed by atoms with Crippen LogP contribution < -0.4 is 16.0 Å². The number of benzene rings is 3. The second-order valence-electron chi connectivity index (χ2n) is 12.6. The number of anilines is 3. The summed E-state index contributed by atoms with van der Waals surface area (Å²) in [7, 11) is 0. The molecule has 0 atom stereocenters. The van der Waals surface area contributed by atoms with E-state index in [9.17, 15) is 18.8 Å². The molecule has 0 aliphatic carbocycles. The summed E-state index contributed by atoms with van der Waals surface area (Å²) in [6.45, 7) is 11.5. The summed E-state index contributed by atoms with van der Waals surface area (Å²) in [5, 5.41) is 8.35. The minimum Gasteiger partial charge on any atom is -0.444 e. The Balaban J connectivity index is 1.39. The molecule has 240 valence electrons. The first kappa shape index (κ1) is 33.5. The van der Waals surface area contributed by atoms with Gasteiger partial charge in [-0.05, 0) is 114 Å². The van der Waals surface area contributed by atoms with Gasteiger partial charge in [0, 0.05) is 24.3 Å². The smallest absolute Gasteiger partial charge is 0.412 e. The molecular weight excluding hydrogens is 573 g/mol. The van der Waals surface area contributed by atoms with Gasteiger partial charge in [0.1, 0.15) is 11.4 Å². The molecule has 3 aromatic rings. The summed E-state index contributed by atoms with van der Waals surface area (Å²) in [5.41, 5.74) is 1.84. The number of rotatable bonds is 10. The van der Waals surface area contributed by atoms with Crippen molar-refractivity contribution >= 4 is 35.1 Å². The third-order valence-corrected chi connectivity index (χ3v) is 7.54. The number of hydrogen-bond acceptors (Lipinski definition) is 5. The van der Waals surface area contributed by atoms with Crippen LogP contribution >= 0.6 is 0 Å². The molecule has 1 saturated heterocycles. The number of para-hydroxylation sites is 2. The number of amides is 4. The Labute approximate surface area is 265 Å². The number of likely N-dealkylation sites (tertiary alicyclic amines) is 1. The first-order chi connectivity index (χ1) is 21.4. The summed E-state index contributed by atoms with van der Waals surface area (Å²) in [5.74, 6) is -0.0178. The van der Waals surface area contributed by atoms with Crippen LogP contribution in [0.5, 0.6) is 0 Å². The highest BCUT2D eigenvalue weighted by atomic mass is 19.1. The van der Waals surface area contributed by atoms with Gasteiger partial charge in [0.25, 0.3) is 5.91 Å². The molecule has 4 rings (SSSR count). The quantitative estimate of drug-likeness (QED) is 0.218. The zero-order chi connectivity index (χ0) is 32.4. The molecule has 45 heavy (non-hydrogen) atoms. The lowest BCUT2D eigenvalue weighted by Crippen LogP contribution is -2.38. The molecule has 1 aliphatic rings. The van der Waals surface area contributed by atoms with Crippen molar-refractivity contribution in [2.45, 2.75) is 59.1 Å². The Hall–Kier alpha value is -4.44. The van der Waals surface area contributed by atoms with Gasteiger partial charge in [-0.25, -0.2) is 14.0 Å². The van der Waals surface area contributed by atoms with Crippen LogP contribution in [-0.4, -0.2) is 59.6 Å². The van der Waals surface area contributed by atoms with Gasteiger partial charge in [-0.1, -0.05) is 37.3 Å². The summed E-state index contributed by atoms with van der Waals surface area (Å²) >= 11 is 0. The van der Waals surface area contributed by atoms with Gasteiger partial charge in [0.05, 0.1) is 11.4 Å². The van der Waals surface area contributed by atoms with Gasteiger partial charge < -0.3 is 25.2 Å². The maximum Gasteiger partial charge on any atom is 0.412 e. The predicted octanol–water partition coefficient (Wildman–Crippen LogP) is 7.58. The maximum atomic E-state index is 13.8. The Bertz CT molecular complexity index is 1450. The molecule has 10 heteroatoms. The lowest BCUT2D eigenvalue weighted by Gasteiger charge is -2.31. The number of nitrogens with one attached hydrogen (secondary N) is 3. The first-order valence-corrected chi connectivity index (χ1v) is 15.5. The van der Waals surface area contributed by atoms with E-state index in [2.05, 4.69) is 27.8 Å². The van der Waals surface area contributed by atoms with Gasteiger partial charge in [0.15, 0.2) is 0 Å². The van der Waals surface area contributed by atoms with Crippen LogP contribution in [0.2, 0.25) is 0 Å². The van der Waals surface area contributed by atoms with Crippen molar-refractivity contribution < 1.29 is 23.5 Å². The average molecular weight is 618 g/mol. The highest BCUT2D eigenvalue weighted by molar-refractivity contribution is 6.06. The second kappa shape index (κ2) is 15.5. The fourth-order valence-corrected chi connectivity index (χ4v) is 5.08. The lowest BCUT2D eigenvalue weighted by atomic mass is 9.99. The highest BCUT2D eigenvalue weighted by Gasteiger charge is 2.20. The molecule has 1 aliphatic heterocycles. The van der Waals surface area contributed by atoms with E-state index in [1.165, 1.54) is 25.0 Å². The van der Waals surface area contributed by atoms with E-state index in [0.717, 1.165) is 37.5 Å².